The van der Waals surface area contributed by atoms with Crippen molar-refractivity contribution in [3.8, 4) is 22.7 Å². The summed E-state index contributed by atoms with van der Waals surface area (Å²) in [4.78, 5) is 25.3. The Morgan fingerprint density at radius 1 is 1.12 bits per heavy atom. The van der Waals surface area contributed by atoms with Gasteiger partial charge in [0.15, 0.2) is 10.9 Å². The van der Waals surface area contributed by atoms with Gasteiger partial charge < -0.3 is 4.42 Å². The Bertz CT molecular complexity index is 997. The van der Waals surface area contributed by atoms with Crippen LogP contribution in [0.25, 0.3) is 22.7 Å². The number of rotatable bonds is 4. The van der Waals surface area contributed by atoms with E-state index in [9.17, 15) is 4.79 Å². The molecule has 0 bridgehead atoms. The molecule has 1 N–H and O–H groups in total. The van der Waals surface area contributed by atoms with Crippen molar-refractivity contribution >= 4 is 22.4 Å². The van der Waals surface area contributed by atoms with Crippen LogP contribution in [0.4, 0.5) is 5.13 Å². The first-order valence-corrected chi connectivity index (χ1v) is 8.35. The Morgan fingerprint density at radius 3 is 2.80 bits per heavy atom. The van der Waals surface area contributed by atoms with Gasteiger partial charge >= 0.3 is 0 Å². The zero-order valence-electron chi connectivity index (χ0n) is 12.9. The molecule has 6 nitrogen and oxygen atoms in total. The number of carbonyl (C=O) groups excluding carboxylic acids is 1. The average Bonchev–Trinajstić information content (AvgIpc) is 3.34. The first kappa shape index (κ1) is 15.2. The molecule has 3 heterocycles. The molecule has 4 rings (SSSR count). The SMILES string of the molecule is O=C(Nc1nc(-c2ccco2)cs1)c1cncnc1-c1ccccc1. The maximum Gasteiger partial charge on any atom is 0.261 e. The Kier molecular flexibility index (Phi) is 4.05. The number of nitrogens with one attached hydrogen (secondary N) is 1. The number of carbonyl (C=O) groups is 1. The molecule has 1 amide bonds. The van der Waals surface area contributed by atoms with Crippen molar-refractivity contribution < 1.29 is 9.21 Å². The maximum absolute atomic E-state index is 12.7. The lowest BCUT2D eigenvalue weighted by atomic mass is 10.1. The van der Waals surface area contributed by atoms with Gasteiger partial charge in [0.25, 0.3) is 5.91 Å². The van der Waals surface area contributed by atoms with Gasteiger partial charge in [-0.25, -0.2) is 15.0 Å². The fourth-order valence-corrected chi connectivity index (χ4v) is 3.05. The van der Waals surface area contributed by atoms with Gasteiger partial charge in [-0.1, -0.05) is 30.3 Å². The van der Waals surface area contributed by atoms with E-state index in [4.69, 9.17) is 4.42 Å². The highest BCUT2D eigenvalue weighted by atomic mass is 32.1. The van der Waals surface area contributed by atoms with Crippen LogP contribution in [0, 0.1) is 0 Å². The number of hydrogen-bond donors (Lipinski definition) is 1. The molecule has 0 aliphatic rings. The third-order valence-corrected chi connectivity index (χ3v) is 4.26. The lowest BCUT2D eigenvalue weighted by Gasteiger charge is -2.07. The molecule has 0 saturated carbocycles. The van der Waals surface area contributed by atoms with Crippen LogP contribution in [0.15, 0.2) is 71.0 Å². The summed E-state index contributed by atoms with van der Waals surface area (Å²) in [5, 5.41) is 5.11. The standard InChI is InChI=1S/C18H12N4O2S/c23-17(22-18-21-14(10-25-18)15-7-4-8-24-15)13-9-19-11-20-16(13)12-5-2-1-3-6-12/h1-11H,(H,21,22,23). The monoisotopic (exact) mass is 348 g/mol. The second kappa shape index (κ2) is 6.66. The van der Waals surface area contributed by atoms with E-state index in [0.717, 1.165) is 5.56 Å². The highest BCUT2D eigenvalue weighted by molar-refractivity contribution is 7.14. The summed E-state index contributed by atoms with van der Waals surface area (Å²) >= 11 is 1.33. The molecule has 4 aromatic rings. The normalized spacial score (nSPS) is 10.6. The molecule has 0 spiro atoms. The molecule has 1 aromatic carbocycles. The number of hydrogen-bond acceptors (Lipinski definition) is 6. The molecule has 0 unspecified atom stereocenters. The van der Waals surface area contributed by atoms with Crippen molar-refractivity contribution in [3.63, 3.8) is 0 Å². The summed E-state index contributed by atoms with van der Waals surface area (Å²) in [5.74, 6) is 0.351. The Hall–Kier alpha value is -3.32. The number of anilines is 1. The summed E-state index contributed by atoms with van der Waals surface area (Å²) in [5.41, 5.74) is 2.50. The fourth-order valence-electron chi connectivity index (χ4n) is 2.35. The summed E-state index contributed by atoms with van der Waals surface area (Å²) in [6.45, 7) is 0. The lowest BCUT2D eigenvalue weighted by Crippen LogP contribution is -2.14. The van der Waals surface area contributed by atoms with Crippen LogP contribution >= 0.6 is 11.3 Å². The molecule has 0 atom stereocenters. The van der Waals surface area contributed by atoms with Gasteiger partial charge in [-0.3, -0.25) is 10.1 Å². The second-order valence-electron chi connectivity index (χ2n) is 5.12. The minimum absolute atomic E-state index is 0.306. The zero-order valence-corrected chi connectivity index (χ0v) is 13.7. The summed E-state index contributed by atoms with van der Waals surface area (Å²) in [6.07, 6.45) is 4.52. The predicted octanol–water partition coefficient (Wildman–Crippen LogP) is 4.11. The van der Waals surface area contributed by atoms with Gasteiger partial charge in [0.1, 0.15) is 12.0 Å². The van der Waals surface area contributed by atoms with E-state index in [2.05, 4.69) is 20.3 Å². The van der Waals surface area contributed by atoms with Crippen molar-refractivity contribution in [2.24, 2.45) is 0 Å². The molecular formula is C18H12N4O2S. The number of benzene rings is 1. The van der Waals surface area contributed by atoms with Crippen LogP contribution in [0.5, 0.6) is 0 Å². The molecule has 0 radical (unpaired) electrons. The summed E-state index contributed by atoms with van der Waals surface area (Å²) in [6, 6.07) is 13.1. The first-order chi connectivity index (χ1) is 12.3. The number of aromatic nitrogens is 3. The zero-order chi connectivity index (χ0) is 17.1. The molecule has 25 heavy (non-hydrogen) atoms. The molecule has 122 valence electrons. The van der Waals surface area contributed by atoms with E-state index in [1.54, 1.807) is 12.3 Å². The largest absolute Gasteiger partial charge is 0.463 e. The third kappa shape index (κ3) is 3.17. The van der Waals surface area contributed by atoms with E-state index in [1.807, 2.05) is 41.8 Å². The molecular weight excluding hydrogens is 336 g/mol. The Morgan fingerprint density at radius 2 is 2.00 bits per heavy atom. The van der Waals surface area contributed by atoms with Crippen LogP contribution in [0.3, 0.4) is 0 Å². The van der Waals surface area contributed by atoms with Crippen LogP contribution in [0.1, 0.15) is 10.4 Å². The topological polar surface area (TPSA) is 80.9 Å². The molecule has 0 saturated heterocycles. The number of thiazole rings is 1. The highest BCUT2D eigenvalue weighted by Gasteiger charge is 2.16. The number of furan rings is 1. The first-order valence-electron chi connectivity index (χ1n) is 7.47. The molecule has 0 aliphatic carbocycles. The second-order valence-corrected chi connectivity index (χ2v) is 5.98. The van der Waals surface area contributed by atoms with E-state index in [1.165, 1.54) is 23.9 Å². The van der Waals surface area contributed by atoms with Crippen LogP contribution < -0.4 is 5.32 Å². The van der Waals surface area contributed by atoms with Gasteiger partial charge in [0.2, 0.25) is 0 Å². The maximum atomic E-state index is 12.7. The minimum Gasteiger partial charge on any atom is -0.463 e. The smallest absolute Gasteiger partial charge is 0.261 e. The van der Waals surface area contributed by atoms with Crippen molar-refractivity contribution in [2.45, 2.75) is 0 Å². The van der Waals surface area contributed by atoms with Gasteiger partial charge in [0, 0.05) is 17.1 Å². The minimum atomic E-state index is -0.306. The van der Waals surface area contributed by atoms with Crippen molar-refractivity contribution in [1.82, 2.24) is 15.0 Å². The van der Waals surface area contributed by atoms with Gasteiger partial charge in [-0.15, -0.1) is 11.3 Å². The van der Waals surface area contributed by atoms with E-state index in [0.29, 0.717) is 27.8 Å². The van der Waals surface area contributed by atoms with Gasteiger partial charge in [-0.2, -0.15) is 0 Å². The fraction of sp³-hybridized carbons (Fsp3) is 0. The van der Waals surface area contributed by atoms with Gasteiger partial charge in [-0.05, 0) is 12.1 Å². The van der Waals surface area contributed by atoms with Crippen LogP contribution in [-0.2, 0) is 0 Å². The molecule has 3 aromatic heterocycles. The van der Waals surface area contributed by atoms with E-state index in [-0.39, 0.29) is 5.91 Å². The van der Waals surface area contributed by atoms with Crippen molar-refractivity contribution in [3.05, 3.63) is 72.2 Å². The van der Waals surface area contributed by atoms with Crippen LogP contribution in [0.2, 0.25) is 0 Å². The number of nitrogens with zero attached hydrogens (tertiary/aromatic N) is 3. The Labute approximate surface area is 147 Å². The lowest BCUT2D eigenvalue weighted by molar-refractivity contribution is 0.102. The molecule has 0 aliphatic heterocycles. The van der Waals surface area contributed by atoms with Gasteiger partial charge in [0.05, 0.1) is 17.5 Å². The Balaban J connectivity index is 1.60. The van der Waals surface area contributed by atoms with Crippen LogP contribution in [-0.4, -0.2) is 20.9 Å². The van der Waals surface area contributed by atoms with E-state index >= 15 is 0 Å². The predicted molar refractivity (Wildman–Crippen MR) is 95.2 cm³/mol. The molecule has 0 fully saturated rings. The summed E-state index contributed by atoms with van der Waals surface area (Å²) in [7, 11) is 0. The van der Waals surface area contributed by atoms with Crippen molar-refractivity contribution in [1.29, 1.82) is 0 Å². The van der Waals surface area contributed by atoms with Crippen molar-refractivity contribution in [2.75, 3.05) is 5.32 Å². The van der Waals surface area contributed by atoms with E-state index < -0.39 is 0 Å². The number of amides is 1. The third-order valence-electron chi connectivity index (χ3n) is 3.50. The quantitative estimate of drug-likeness (QED) is 0.600. The highest BCUT2D eigenvalue weighted by Crippen LogP contribution is 2.26. The summed E-state index contributed by atoms with van der Waals surface area (Å²) < 4.78 is 5.31. The average molecular weight is 348 g/mol. The molecule has 7 heteroatoms.